The second kappa shape index (κ2) is 18.5. The van der Waals surface area contributed by atoms with Gasteiger partial charge in [-0.1, -0.05) is 59.9 Å². The summed E-state index contributed by atoms with van der Waals surface area (Å²) in [7, 11) is 0. The van der Waals surface area contributed by atoms with E-state index in [0.29, 0.717) is 11.4 Å². The van der Waals surface area contributed by atoms with Crippen molar-refractivity contribution >= 4 is 68.9 Å². The number of benzene rings is 2. The minimum Gasteiger partial charge on any atom is -0.548 e. The van der Waals surface area contributed by atoms with Crippen molar-refractivity contribution in [3.8, 4) is 0 Å². The van der Waals surface area contributed by atoms with Crippen LogP contribution in [0.2, 0.25) is 0 Å². The maximum absolute atomic E-state index is 12.4. The van der Waals surface area contributed by atoms with Gasteiger partial charge in [0.15, 0.2) is 10.2 Å². The Bertz CT molecular complexity index is 1210. The summed E-state index contributed by atoms with van der Waals surface area (Å²) in [6.07, 6.45) is 0. The van der Waals surface area contributed by atoms with Gasteiger partial charge in [0.25, 0.3) is 0 Å². The molecule has 0 saturated carbocycles. The van der Waals surface area contributed by atoms with Gasteiger partial charge in [-0.05, 0) is 63.8 Å². The van der Waals surface area contributed by atoms with Gasteiger partial charge in [0, 0.05) is 13.8 Å². The quantitative estimate of drug-likeness (QED) is 0.341. The largest absolute Gasteiger partial charge is 2.00 e. The maximum atomic E-state index is 12.4. The molecule has 10 nitrogen and oxygen atoms in total. The molecule has 0 aliphatic rings. The molecule has 0 fully saturated rings. The predicted octanol–water partition coefficient (Wildman–Crippen LogP) is 2.11. The van der Waals surface area contributed by atoms with E-state index in [9.17, 15) is 39.0 Å². The Morgan fingerprint density at radius 2 is 0.884 bits per heavy atom. The standard InChI is InChI=1S/2C15H19NO4S.Cu/c2*1-9-6-5-7-10(2)14(9)16(11(3)15(19)20)13(18)8-21-12(4)17;/h2*5-7,11H,8H2,1-4H3,(H,19,20);/q;;+2/p-2/t2*11-;/m00./s1. The summed E-state index contributed by atoms with van der Waals surface area (Å²) >= 11 is 1.72. The van der Waals surface area contributed by atoms with Crippen molar-refractivity contribution in [3.63, 3.8) is 0 Å². The molecule has 0 heterocycles. The molecule has 2 aromatic rings. The van der Waals surface area contributed by atoms with E-state index in [-0.39, 0.29) is 38.8 Å². The van der Waals surface area contributed by atoms with Gasteiger partial charge >= 0.3 is 17.1 Å². The molecule has 0 N–H and O–H groups in total. The zero-order chi connectivity index (χ0) is 32.3. The molecule has 0 saturated heterocycles. The molecule has 2 aromatic carbocycles. The predicted molar refractivity (Wildman–Crippen MR) is 162 cm³/mol. The van der Waals surface area contributed by atoms with Gasteiger partial charge in [-0.15, -0.1) is 0 Å². The fourth-order valence-electron chi connectivity index (χ4n) is 4.12. The number of carboxylic acid groups (broad SMARTS) is 2. The minimum atomic E-state index is -1.33. The Kier molecular flexibility index (Phi) is 17.2. The number of carbonyl (C=O) groups is 6. The molecule has 0 aliphatic carbocycles. The number of amides is 2. The Labute approximate surface area is 271 Å². The molecule has 0 aromatic heterocycles. The van der Waals surface area contributed by atoms with Gasteiger partial charge in [0.2, 0.25) is 11.8 Å². The third kappa shape index (κ3) is 11.8. The number of anilines is 2. The first-order valence-corrected chi connectivity index (χ1v) is 14.9. The van der Waals surface area contributed by atoms with Gasteiger partial charge in [-0.25, -0.2) is 0 Å². The van der Waals surface area contributed by atoms with Crippen molar-refractivity contribution in [2.75, 3.05) is 21.3 Å². The third-order valence-electron chi connectivity index (χ3n) is 6.15. The number of carboxylic acids is 2. The van der Waals surface area contributed by atoms with E-state index in [2.05, 4.69) is 0 Å². The van der Waals surface area contributed by atoms with E-state index in [1.54, 1.807) is 0 Å². The second-order valence-corrected chi connectivity index (χ2v) is 11.9. The van der Waals surface area contributed by atoms with Crippen molar-refractivity contribution < 1.29 is 56.0 Å². The molecule has 0 unspecified atom stereocenters. The van der Waals surface area contributed by atoms with Crippen LogP contribution in [-0.2, 0) is 45.8 Å². The van der Waals surface area contributed by atoms with Crippen LogP contribution < -0.4 is 20.0 Å². The third-order valence-corrected chi connectivity index (χ3v) is 7.75. The van der Waals surface area contributed by atoms with Gasteiger partial charge in [-0.3, -0.25) is 19.2 Å². The molecular formula is C30H36CuN2O8S2. The van der Waals surface area contributed by atoms with Crippen LogP contribution in [0.5, 0.6) is 0 Å². The summed E-state index contributed by atoms with van der Waals surface area (Å²) in [4.78, 5) is 71.5. The Morgan fingerprint density at radius 3 is 1.09 bits per heavy atom. The van der Waals surface area contributed by atoms with Gasteiger partial charge in [-0.2, -0.15) is 0 Å². The van der Waals surface area contributed by atoms with Gasteiger partial charge in [0.05, 0.1) is 46.9 Å². The van der Waals surface area contributed by atoms with Crippen LogP contribution in [0, 0.1) is 27.7 Å². The monoisotopic (exact) mass is 679 g/mol. The minimum absolute atomic E-state index is 0. The van der Waals surface area contributed by atoms with Crippen LogP contribution in [-0.4, -0.2) is 57.6 Å². The Balaban J connectivity index is 0.000000802. The van der Waals surface area contributed by atoms with E-state index in [0.717, 1.165) is 45.8 Å². The van der Waals surface area contributed by atoms with Crippen LogP contribution in [0.4, 0.5) is 11.4 Å². The molecule has 237 valence electrons. The first-order chi connectivity index (χ1) is 19.5. The summed E-state index contributed by atoms with van der Waals surface area (Å²) in [5, 5.41) is 22.0. The van der Waals surface area contributed by atoms with E-state index >= 15 is 0 Å². The van der Waals surface area contributed by atoms with Crippen molar-refractivity contribution in [1.29, 1.82) is 0 Å². The zero-order valence-electron chi connectivity index (χ0n) is 25.3. The smallest absolute Gasteiger partial charge is 0.548 e. The molecule has 0 bridgehead atoms. The Hall–Kier alpha value is -3.12. The molecule has 1 radical (unpaired) electrons. The number of aliphatic carboxylic acids is 2. The molecule has 2 amide bonds. The summed E-state index contributed by atoms with van der Waals surface area (Å²) in [5.41, 5.74) is 4.30. The maximum Gasteiger partial charge on any atom is 2.00 e. The van der Waals surface area contributed by atoms with E-state index in [1.807, 2.05) is 64.1 Å². The fourth-order valence-corrected chi connectivity index (χ4v) is 5.05. The van der Waals surface area contributed by atoms with E-state index in [1.165, 1.54) is 37.5 Å². The van der Waals surface area contributed by atoms with E-state index in [4.69, 9.17) is 0 Å². The van der Waals surface area contributed by atoms with Crippen LogP contribution in [0.3, 0.4) is 0 Å². The number of hydrogen-bond acceptors (Lipinski definition) is 10. The van der Waals surface area contributed by atoms with Crippen LogP contribution in [0.1, 0.15) is 49.9 Å². The molecule has 2 atom stereocenters. The molecule has 43 heavy (non-hydrogen) atoms. The van der Waals surface area contributed by atoms with Crippen LogP contribution in [0.15, 0.2) is 36.4 Å². The summed E-state index contributed by atoms with van der Waals surface area (Å²) in [5.74, 6) is -3.71. The SMILES string of the molecule is CC(=O)SCC(=O)N(c1c(C)cccc1C)[C@@H](C)C(=O)[O-].CC(=O)SCC(=O)N(c1c(C)cccc1C)[C@@H](C)C(=O)[O-].[Cu+2]. The molecule has 13 heteroatoms. The molecular weight excluding hydrogens is 644 g/mol. The number of thioether (sulfide) groups is 2. The topological polar surface area (TPSA) is 155 Å². The van der Waals surface area contributed by atoms with Crippen molar-refractivity contribution in [3.05, 3.63) is 58.7 Å². The molecule has 0 aliphatic heterocycles. The first-order valence-electron chi connectivity index (χ1n) is 13.0. The summed E-state index contributed by atoms with van der Waals surface area (Å²) in [6.45, 7) is 12.8. The molecule has 0 spiro atoms. The van der Waals surface area contributed by atoms with E-state index < -0.39 is 35.8 Å². The second-order valence-electron chi connectivity index (χ2n) is 9.56. The number of rotatable bonds is 10. The number of carbonyl (C=O) groups excluding carboxylic acids is 6. The number of aryl methyl sites for hydroxylation is 4. The average Bonchev–Trinajstić information content (AvgIpc) is 2.89. The zero-order valence-corrected chi connectivity index (χ0v) is 27.9. The number of hydrogen-bond donors (Lipinski definition) is 0. The normalized spacial score (nSPS) is 11.5. The van der Waals surface area contributed by atoms with Gasteiger partial charge in [0.1, 0.15) is 0 Å². The van der Waals surface area contributed by atoms with Gasteiger partial charge < -0.3 is 29.6 Å². The van der Waals surface area contributed by atoms with Crippen molar-refractivity contribution in [1.82, 2.24) is 0 Å². The summed E-state index contributed by atoms with van der Waals surface area (Å²) < 4.78 is 0. The molecule has 2 rings (SSSR count). The summed E-state index contributed by atoms with van der Waals surface area (Å²) in [6, 6.07) is 8.70. The van der Waals surface area contributed by atoms with Crippen molar-refractivity contribution in [2.45, 2.75) is 67.5 Å². The van der Waals surface area contributed by atoms with Crippen LogP contribution >= 0.6 is 23.5 Å². The number of nitrogens with zero attached hydrogens (tertiary/aromatic N) is 2. The average molecular weight is 680 g/mol. The van der Waals surface area contributed by atoms with Crippen LogP contribution in [0.25, 0.3) is 0 Å². The number of para-hydroxylation sites is 2. The van der Waals surface area contributed by atoms with Crippen molar-refractivity contribution in [2.24, 2.45) is 0 Å². The fraction of sp³-hybridized carbons (Fsp3) is 0.400. The Morgan fingerprint density at radius 1 is 0.628 bits per heavy atom. The first kappa shape index (κ1) is 39.9.